The minimum atomic E-state index is -1.28. The van der Waals surface area contributed by atoms with Gasteiger partial charge in [-0.15, -0.1) is 0 Å². The van der Waals surface area contributed by atoms with Crippen LogP contribution in [0.15, 0.2) is 30.3 Å². The number of hydrogen-bond acceptors (Lipinski definition) is 3. The molecule has 0 aliphatic carbocycles. The second-order valence-corrected chi connectivity index (χ2v) is 3.79. The lowest BCUT2D eigenvalue weighted by molar-refractivity contribution is -0.146. The summed E-state index contributed by atoms with van der Waals surface area (Å²) in [4.78, 5) is 10.9. The van der Waals surface area contributed by atoms with Gasteiger partial charge in [0.05, 0.1) is 13.2 Å². The predicted molar refractivity (Wildman–Crippen MR) is 60.9 cm³/mol. The Labute approximate surface area is 95.0 Å². The molecule has 0 spiro atoms. The third kappa shape index (κ3) is 3.32. The molecular weight excluding hydrogens is 206 g/mol. The maximum absolute atomic E-state index is 10.9. The second kappa shape index (κ2) is 5.63. The molecule has 4 heteroatoms. The smallest absolute Gasteiger partial charge is 0.326 e. The Hall–Kier alpha value is -1.39. The van der Waals surface area contributed by atoms with Crippen molar-refractivity contribution < 1.29 is 14.6 Å². The van der Waals surface area contributed by atoms with Gasteiger partial charge in [0.2, 0.25) is 0 Å². The van der Waals surface area contributed by atoms with Crippen molar-refractivity contribution in [1.29, 1.82) is 0 Å². The summed E-state index contributed by atoms with van der Waals surface area (Å²) >= 11 is 0. The van der Waals surface area contributed by atoms with Crippen LogP contribution >= 0.6 is 0 Å². The molecule has 0 aliphatic heterocycles. The molecule has 88 valence electrons. The number of rotatable bonds is 6. The maximum Gasteiger partial charge on any atom is 0.326 e. The number of aliphatic carboxylic acids is 1. The fourth-order valence-electron chi connectivity index (χ4n) is 1.24. The highest BCUT2D eigenvalue weighted by Crippen LogP contribution is 2.09. The number of nitrogens with two attached hydrogens (primary N) is 1. The summed E-state index contributed by atoms with van der Waals surface area (Å²) in [5.41, 5.74) is 5.40. The molecular formula is C12H17NO3. The standard InChI is InChI=1S/C12H17NO3/c1-2-12(13,11(14)15)9-16-8-10-6-4-3-5-7-10/h3-7H,2,8-9,13H2,1H3,(H,14,15). The Balaban J connectivity index is 2.43. The van der Waals surface area contributed by atoms with Gasteiger partial charge in [0, 0.05) is 0 Å². The SMILES string of the molecule is CCC(N)(COCc1ccccc1)C(=O)O. The summed E-state index contributed by atoms with van der Waals surface area (Å²) in [6, 6.07) is 9.58. The Morgan fingerprint density at radius 1 is 1.44 bits per heavy atom. The lowest BCUT2D eigenvalue weighted by atomic mass is 9.99. The van der Waals surface area contributed by atoms with Crippen LogP contribution in [0.25, 0.3) is 0 Å². The zero-order chi connectivity index (χ0) is 12.0. The molecule has 0 fully saturated rings. The van der Waals surface area contributed by atoms with Gasteiger partial charge in [-0.3, -0.25) is 4.79 Å². The van der Waals surface area contributed by atoms with E-state index in [0.29, 0.717) is 13.0 Å². The largest absolute Gasteiger partial charge is 0.480 e. The molecule has 1 rings (SSSR count). The van der Waals surface area contributed by atoms with E-state index >= 15 is 0 Å². The number of carboxylic acids is 1. The molecule has 1 aromatic rings. The molecule has 1 unspecified atom stereocenters. The lowest BCUT2D eigenvalue weighted by Crippen LogP contribution is -2.51. The summed E-state index contributed by atoms with van der Waals surface area (Å²) in [7, 11) is 0. The quantitative estimate of drug-likeness (QED) is 0.764. The van der Waals surface area contributed by atoms with Gasteiger partial charge in [-0.05, 0) is 12.0 Å². The molecule has 0 bridgehead atoms. The predicted octanol–water partition coefficient (Wildman–Crippen LogP) is 1.40. The van der Waals surface area contributed by atoms with Gasteiger partial charge >= 0.3 is 5.97 Å². The number of ether oxygens (including phenoxy) is 1. The van der Waals surface area contributed by atoms with Crippen LogP contribution in [0.3, 0.4) is 0 Å². The van der Waals surface area contributed by atoms with Gasteiger partial charge < -0.3 is 15.6 Å². The number of benzene rings is 1. The van der Waals surface area contributed by atoms with Gasteiger partial charge in [0.1, 0.15) is 5.54 Å². The van der Waals surface area contributed by atoms with Crippen molar-refractivity contribution in [2.24, 2.45) is 5.73 Å². The molecule has 1 aromatic carbocycles. The molecule has 0 aromatic heterocycles. The number of carbonyl (C=O) groups is 1. The summed E-state index contributed by atoms with van der Waals surface area (Å²) in [6.45, 7) is 2.14. The van der Waals surface area contributed by atoms with E-state index in [9.17, 15) is 4.79 Å². The minimum absolute atomic E-state index is 0.0216. The van der Waals surface area contributed by atoms with Crippen molar-refractivity contribution in [2.45, 2.75) is 25.5 Å². The first-order valence-electron chi connectivity index (χ1n) is 5.22. The van der Waals surface area contributed by atoms with Crippen molar-refractivity contribution in [3.8, 4) is 0 Å². The second-order valence-electron chi connectivity index (χ2n) is 3.79. The highest BCUT2D eigenvalue weighted by atomic mass is 16.5. The van der Waals surface area contributed by atoms with E-state index in [1.54, 1.807) is 6.92 Å². The Morgan fingerprint density at radius 3 is 2.56 bits per heavy atom. The first kappa shape index (κ1) is 12.7. The normalized spacial score (nSPS) is 14.4. The summed E-state index contributed by atoms with van der Waals surface area (Å²) in [5.74, 6) is -1.02. The van der Waals surface area contributed by atoms with E-state index in [0.717, 1.165) is 5.56 Å². The van der Waals surface area contributed by atoms with Crippen molar-refractivity contribution >= 4 is 5.97 Å². The molecule has 0 amide bonds. The van der Waals surface area contributed by atoms with Crippen LogP contribution in [0, 0.1) is 0 Å². The average Bonchev–Trinajstić information content (AvgIpc) is 2.30. The molecule has 3 N–H and O–H groups in total. The summed E-state index contributed by atoms with van der Waals surface area (Å²) in [5, 5.41) is 8.92. The molecule has 16 heavy (non-hydrogen) atoms. The van der Waals surface area contributed by atoms with Gasteiger partial charge in [0.25, 0.3) is 0 Å². The van der Waals surface area contributed by atoms with Gasteiger partial charge in [-0.25, -0.2) is 0 Å². The summed E-state index contributed by atoms with van der Waals surface area (Å²) < 4.78 is 5.33. The molecule has 0 saturated heterocycles. The molecule has 0 aliphatic rings. The average molecular weight is 223 g/mol. The topological polar surface area (TPSA) is 72.5 Å². The van der Waals surface area contributed by atoms with Crippen LogP contribution < -0.4 is 5.73 Å². The van der Waals surface area contributed by atoms with Crippen LogP contribution in [0.5, 0.6) is 0 Å². The van der Waals surface area contributed by atoms with Crippen molar-refractivity contribution in [1.82, 2.24) is 0 Å². The Morgan fingerprint density at radius 2 is 2.06 bits per heavy atom. The van der Waals surface area contributed by atoms with Crippen molar-refractivity contribution in [3.63, 3.8) is 0 Å². The summed E-state index contributed by atoms with van der Waals surface area (Å²) in [6.07, 6.45) is 0.344. The Bertz CT molecular complexity index is 339. The minimum Gasteiger partial charge on any atom is -0.480 e. The third-order valence-corrected chi connectivity index (χ3v) is 2.53. The third-order valence-electron chi connectivity index (χ3n) is 2.53. The van der Waals surface area contributed by atoms with Crippen molar-refractivity contribution in [2.75, 3.05) is 6.61 Å². The molecule has 0 heterocycles. The van der Waals surface area contributed by atoms with E-state index in [1.165, 1.54) is 0 Å². The zero-order valence-electron chi connectivity index (χ0n) is 9.35. The van der Waals surface area contributed by atoms with Crippen LogP contribution in [0.4, 0.5) is 0 Å². The number of hydrogen-bond donors (Lipinski definition) is 2. The highest BCUT2D eigenvalue weighted by Gasteiger charge is 2.32. The fraction of sp³-hybridized carbons (Fsp3) is 0.417. The monoisotopic (exact) mass is 223 g/mol. The van der Waals surface area contributed by atoms with E-state index < -0.39 is 11.5 Å². The molecule has 0 saturated carbocycles. The van der Waals surface area contributed by atoms with Gasteiger partial charge in [0.15, 0.2) is 0 Å². The van der Waals surface area contributed by atoms with E-state index in [2.05, 4.69) is 0 Å². The van der Waals surface area contributed by atoms with Gasteiger partial charge in [-0.2, -0.15) is 0 Å². The van der Waals surface area contributed by atoms with Crippen LogP contribution in [0.2, 0.25) is 0 Å². The first-order chi connectivity index (χ1) is 7.58. The van der Waals surface area contributed by atoms with E-state index in [1.807, 2.05) is 30.3 Å². The van der Waals surface area contributed by atoms with E-state index in [4.69, 9.17) is 15.6 Å². The lowest BCUT2D eigenvalue weighted by Gasteiger charge is -2.22. The highest BCUT2D eigenvalue weighted by molar-refractivity contribution is 5.78. The zero-order valence-corrected chi connectivity index (χ0v) is 9.35. The molecule has 4 nitrogen and oxygen atoms in total. The maximum atomic E-state index is 10.9. The Kier molecular flexibility index (Phi) is 4.46. The van der Waals surface area contributed by atoms with Crippen LogP contribution in [-0.2, 0) is 16.1 Å². The molecule has 1 atom stereocenters. The van der Waals surface area contributed by atoms with Gasteiger partial charge in [-0.1, -0.05) is 37.3 Å². The van der Waals surface area contributed by atoms with E-state index in [-0.39, 0.29) is 6.61 Å². The number of carboxylic acid groups (broad SMARTS) is 1. The molecule has 0 radical (unpaired) electrons. The van der Waals surface area contributed by atoms with Crippen molar-refractivity contribution in [3.05, 3.63) is 35.9 Å². The fourth-order valence-corrected chi connectivity index (χ4v) is 1.24. The van der Waals surface area contributed by atoms with Crippen LogP contribution in [-0.4, -0.2) is 23.2 Å². The first-order valence-corrected chi connectivity index (χ1v) is 5.22. The van der Waals surface area contributed by atoms with Crippen LogP contribution in [0.1, 0.15) is 18.9 Å².